The van der Waals surface area contributed by atoms with Crippen LogP contribution in [0.4, 0.5) is 0 Å². The van der Waals surface area contributed by atoms with Gasteiger partial charge in [0.1, 0.15) is 0 Å². The SMILES string of the molecule is Cc1nc(CN2CCN(C(=O)c3ccc4ncsc4c3)CC2)cs1. The molecule has 3 heterocycles. The summed E-state index contributed by atoms with van der Waals surface area (Å²) >= 11 is 3.26. The van der Waals surface area contributed by atoms with Crippen molar-refractivity contribution >= 4 is 38.8 Å². The lowest BCUT2D eigenvalue weighted by atomic mass is 10.1. The van der Waals surface area contributed by atoms with Crippen molar-refractivity contribution in [1.29, 1.82) is 0 Å². The number of benzene rings is 1. The zero-order valence-corrected chi connectivity index (χ0v) is 15.1. The first-order chi connectivity index (χ1) is 11.7. The molecule has 4 rings (SSSR count). The van der Waals surface area contributed by atoms with Gasteiger partial charge in [0.25, 0.3) is 5.91 Å². The van der Waals surface area contributed by atoms with E-state index in [9.17, 15) is 4.79 Å². The Hall–Kier alpha value is -1.83. The standard InChI is InChI=1S/C17H18N4OS2/c1-12-19-14(10-23-12)9-20-4-6-21(7-5-20)17(22)13-2-3-15-16(8-13)24-11-18-15/h2-3,8,10-11H,4-7,9H2,1H3. The van der Waals surface area contributed by atoms with Crippen LogP contribution in [0.3, 0.4) is 0 Å². The summed E-state index contributed by atoms with van der Waals surface area (Å²) in [5.74, 6) is 0.120. The fourth-order valence-electron chi connectivity index (χ4n) is 2.99. The molecule has 0 unspecified atom stereocenters. The number of aryl methyl sites for hydroxylation is 1. The summed E-state index contributed by atoms with van der Waals surface area (Å²) in [6, 6.07) is 5.77. The Balaban J connectivity index is 1.38. The first-order valence-corrected chi connectivity index (χ1v) is 9.71. The second-order valence-corrected chi connectivity index (χ2v) is 7.91. The van der Waals surface area contributed by atoms with Gasteiger partial charge in [0.2, 0.25) is 0 Å². The first-order valence-electron chi connectivity index (χ1n) is 7.95. The maximum Gasteiger partial charge on any atom is 0.253 e. The van der Waals surface area contributed by atoms with Crippen molar-refractivity contribution in [3.8, 4) is 0 Å². The molecule has 124 valence electrons. The number of rotatable bonds is 3. The lowest BCUT2D eigenvalue weighted by Crippen LogP contribution is -2.48. The smallest absolute Gasteiger partial charge is 0.253 e. The van der Waals surface area contributed by atoms with Gasteiger partial charge in [-0.25, -0.2) is 9.97 Å². The Bertz CT molecular complexity index is 864. The van der Waals surface area contributed by atoms with E-state index >= 15 is 0 Å². The average molecular weight is 358 g/mol. The molecule has 0 bridgehead atoms. The minimum Gasteiger partial charge on any atom is -0.336 e. The predicted molar refractivity (Wildman–Crippen MR) is 97.7 cm³/mol. The molecule has 5 nitrogen and oxygen atoms in total. The molecule has 7 heteroatoms. The van der Waals surface area contributed by atoms with E-state index in [0.29, 0.717) is 0 Å². The van der Waals surface area contributed by atoms with Crippen molar-refractivity contribution in [1.82, 2.24) is 19.8 Å². The number of piperazine rings is 1. The highest BCUT2D eigenvalue weighted by Crippen LogP contribution is 2.20. The third kappa shape index (κ3) is 3.19. The van der Waals surface area contributed by atoms with E-state index in [1.807, 2.05) is 35.5 Å². The number of carbonyl (C=O) groups excluding carboxylic acids is 1. The van der Waals surface area contributed by atoms with Gasteiger partial charge in [0.15, 0.2) is 0 Å². The van der Waals surface area contributed by atoms with Crippen molar-refractivity contribution in [2.75, 3.05) is 26.2 Å². The molecule has 1 aromatic carbocycles. The Morgan fingerprint density at radius 1 is 1.21 bits per heavy atom. The molecule has 0 atom stereocenters. The van der Waals surface area contributed by atoms with Crippen LogP contribution in [0.1, 0.15) is 21.1 Å². The number of fused-ring (bicyclic) bond motifs is 1. The van der Waals surface area contributed by atoms with Crippen molar-refractivity contribution in [2.45, 2.75) is 13.5 Å². The van der Waals surface area contributed by atoms with Crippen LogP contribution in [0.15, 0.2) is 29.1 Å². The minimum absolute atomic E-state index is 0.120. The molecule has 24 heavy (non-hydrogen) atoms. The maximum absolute atomic E-state index is 12.7. The van der Waals surface area contributed by atoms with Crippen LogP contribution in [0.5, 0.6) is 0 Å². The lowest BCUT2D eigenvalue weighted by Gasteiger charge is -2.34. The molecule has 1 amide bonds. The van der Waals surface area contributed by atoms with Gasteiger partial charge in [-0.3, -0.25) is 9.69 Å². The van der Waals surface area contributed by atoms with E-state index in [2.05, 4.69) is 20.2 Å². The Morgan fingerprint density at radius 2 is 2.04 bits per heavy atom. The van der Waals surface area contributed by atoms with Crippen molar-refractivity contribution in [3.63, 3.8) is 0 Å². The number of carbonyl (C=O) groups is 1. The zero-order valence-electron chi connectivity index (χ0n) is 13.4. The monoisotopic (exact) mass is 358 g/mol. The van der Waals surface area contributed by atoms with Gasteiger partial charge in [-0.05, 0) is 25.1 Å². The van der Waals surface area contributed by atoms with Gasteiger partial charge in [-0.1, -0.05) is 0 Å². The van der Waals surface area contributed by atoms with E-state index in [1.165, 1.54) is 0 Å². The topological polar surface area (TPSA) is 49.3 Å². The second-order valence-electron chi connectivity index (χ2n) is 5.96. The van der Waals surface area contributed by atoms with Gasteiger partial charge in [0.05, 0.1) is 26.4 Å². The molecular formula is C17H18N4OS2. The second kappa shape index (κ2) is 6.58. The van der Waals surface area contributed by atoms with E-state index in [0.717, 1.165) is 59.2 Å². The van der Waals surface area contributed by atoms with E-state index in [4.69, 9.17) is 0 Å². The van der Waals surface area contributed by atoms with Crippen LogP contribution in [0, 0.1) is 6.92 Å². The Kier molecular flexibility index (Phi) is 4.30. The first kappa shape index (κ1) is 15.7. The van der Waals surface area contributed by atoms with E-state index in [-0.39, 0.29) is 5.91 Å². The van der Waals surface area contributed by atoms with Crippen molar-refractivity contribution < 1.29 is 4.79 Å². The van der Waals surface area contributed by atoms with Gasteiger partial charge < -0.3 is 4.90 Å². The number of thiazole rings is 2. The fraction of sp³-hybridized carbons (Fsp3) is 0.353. The average Bonchev–Trinajstić information content (AvgIpc) is 3.23. The molecule has 0 radical (unpaired) electrons. The summed E-state index contributed by atoms with van der Waals surface area (Å²) in [5, 5.41) is 3.23. The third-order valence-electron chi connectivity index (χ3n) is 4.29. The molecule has 0 saturated carbocycles. The Labute approximate surface area is 148 Å². The molecule has 3 aromatic rings. The molecule has 0 spiro atoms. The van der Waals surface area contributed by atoms with Crippen LogP contribution < -0.4 is 0 Å². The summed E-state index contributed by atoms with van der Waals surface area (Å²) in [6.45, 7) is 6.23. The number of amides is 1. The molecule has 1 fully saturated rings. The number of hydrogen-bond donors (Lipinski definition) is 0. The third-order valence-corrected chi connectivity index (χ3v) is 5.90. The van der Waals surface area contributed by atoms with Crippen LogP contribution in [0.25, 0.3) is 10.2 Å². The van der Waals surface area contributed by atoms with Crippen LogP contribution in [-0.4, -0.2) is 51.9 Å². The number of hydrogen-bond acceptors (Lipinski definition) is 6. The van der Waals surface area contributed by atoms with Crippen LogP contribution >= 0.6 is 22.7 Å². The van der Waals surface area contributed by atoms with Crippen LogP contribution in [0.2, 0.25) is 0 Å². The highest BCUT2D eigenvalue weighted by Gasteiger charge is 2.22. The van der Waals surface area contributed by atoms with Gasteiger partial charge in [0, 0.05) is 43.7 Å². The fourth-order valence-corrected chi connectivity index (χ4v) is 4.31. The summed E-state index contributed by atoms with van der Waals surface area (Å²) in [7, 11) is 0. The molecule has 0 N–H and O–H groups in total. The van der Waals surface area contributed by atoms with Crippen molar-refractivity contribution in [3.05, 3.63) is 45.4 Å². The molecule has 0 aliphatic carbocycles. The minimum atomic E-state index is 0.120. The predicted octanol–water partition coefficient (Wildman–Crippen LogP) is 3.02. The van der Waals surface area contributed by atoms with Gasteiger partial charge in [-0.15, -0.1) is 22.7 Å². The Morgan fingerprint density at radius 3 is 2.79 bits per heavy atom. The zero-order chi connectivity index (χ0) is 16.5. The molecule has 1 aliphatic heterocycles. The largest absolute Gasteiger partial charge is 0.336 e. The normalized spacial score (nSPS) is 16.0. The summed E-state index contributed by atoms with van der Waals surface area (Å²) in [6.07, 6.45) is 0. The highest BCUT2D eigenvalue weighted by atomic mass is 32.1. The molecular weight excluding hydrogens is 340 g/mol. The van der Waals surface area contributed by atoms with Gasteiger partial charge >= 0.3 is 0 Å². The lowest BCUT2D eigenvalue weighted by molar-refractivity contribution is 0.0627. The number of aromatic nitrogens is 2. The maximum atomic E-state index is 12.7. The van der Waals surface area contributed by atoms with E-state index in [1.54, 1.807) is 22.7 Å². The quantitative estimate of drug-likeness (QED) is 0.722. The van der Waals surface area contributed by atoms with Crippen molar-refractivity contribution in [2.24, 2.45) is 0 Å². The molecule has 1 aliphatic rings. The molecule has 1 saturated heterocycles. The van der Waals surface area contributed by atoms with Crippen LogP contribution in [-0.2, 0) is 6.54 Å². The summed E-state index contributed by atoms with van der Waals surface area (Å²) < 4.78 is 1.07. The summed E-state index contributed by atoms with van der Waals surface area (Å²) in [5.41, 5.74) is 4.67. The number of nitrogens with zero attached hydrogens (tertiary/aromatic N) is 4. The van der Waals surface area contributed by atoms with Gasteiger partial charge in [-0.2, -0.15) is 0 Å². The molecule has 2 aromatic heterocycles. The van der Waals surface area contributed by atoms with E-state index < -0.39 is 0 Å². The summed E-state index contributed by atoms with van der Waals surface area (Å²) in [4.78, 5) is 25.8. The highest BCUT2D eigenvalue weighted by molar-refractivity contribution is 7.16.